The molecule has 2 aromatic carbocycles. The zero-order chi connectivity index (χ0) is 19.2. The lowest BCUT2D eigenvalue weighted by Crippen LogP contribution is -2.30. The van der Waals surface area contributed by atoms with Crippen molar-refractivity contribution in [2.24, 2.45) is 0 Å². The summed E-state index contributed by atoms with van der Waals surface area (Å²) in [6.45, 7) is 1.03. The fourth-order valence-corrected chi connectivity index (χ4v) is 2.91. The Morgan fingerprint density at radius 1 is 1.22 bits per heavy atom. The third kappa shape index (κ3) is 4.90. The Labute approximate surface area is 161 Å². The summed E-state index contributed by atoms with van der Waals surface area (Å²) in [6, 6.07) is 10.6. The SMILES string of the molecule is COC(=O)CNC(=O)c1ccc(NCc2cc(Cl)cc3c2OCOC3)cc1. The van der Waals surface area contributed by atoms with Gasteiger partial charge in [0.2, 0.25) is 0 Å². The van der Waals surface area contributed by atoms with E-state index in [1.165, 1.54) is 7.11 Å². The van der Waals surface area contributed by atoms with E-state index in [1.54, 1.807) is 24.3 Å². The van der Waals surface area contributed by atoms with E-state index in [9.17, 15) is 9.59 Å². The van der Waals surface area contributed by atoms with Crippen LogP contribution in [0.4, 0.5) is 5.69 Å². The lowest BCUT2D eigenvalue weighted by molar-refractivity contribution is -0.139. The molecule has 27 heavy (non-hydrogen) atoms. The number of benzene rings is 2. The average molecular weight is 391 g/mol. The fraction of sp³-hybridized carbons (Fsp3) is 0.263. The van der Waals surface area contributed by atoms with Gasteiger partial charge in [0.25, 0.3) is 5.91 Å². The summed E-state index contributed by atoms with van der Waals surface area (Å²) in [6.07, 6.45) is 0. The van der Waals surface area contributed by atoms with Gasteiger partial charge in [-0.2, -0.15) is 0 Å². The number of anilines is 1. The van der Waals surface area contributed by atoms with Gasteiger partial charge in [-0.3, -0.25) is 9.59 Å². The molecule has 1 heterocycles. The highest BCUT2D eigenvalue weighted by Crippen LogP contribution is 2.32. The number of carbonyl (C=O) groups excluding carboxylic acids is 2. The smallest absolute Gasteiger partial charge is 0.325 e. The van der Waals surface area contributed by atoms with Crippen molar-refractivity contribution in [1.29, 1.82) is 0 Å². The molecule has 7 nitrogen and oxygen atoms in total. The molecular weight excluding hydrogens is 372 g/mol. The minimum absolute atomic E-state index is 0.168. The van der Waals surface area contributed by atoms with Crippen molar-refractivity contribution in [1.82, 2.24) is 5.32 Å². The highest BCUT2D eigenvalue weighted by molar-refractivity contribution is 6.30. The number of ether oxygens (including phenoxy) is 3. The number of amides is 1. The summed E-state index contributed by atoms with van der Waals surface area (Å²) in [5, 5.41) is 6.39. The van der Waals surface area contributed by atoms with E-state index >= 15 is 0 Å². The van der Waals surface area contributed by atoms with Crippen LogP contribution in [-0.2, 0) is 27.4 Å². The zero-order valence-electron chi connectivity index (χ0n) is 14.7. The van der Waals surface area contributed by atoms with Crippen LogP contribution in [0, 0.1) is 0 Å². The third-order valence-electron chi connectivity index (χ3n) is 4.00. The average Bonchev–Trinajstić information content (AvgIpc) is 2.70. The number of rotatable bonds is 6. The Bertz CT molecular complexity index is 839. The van der Waals surface area contributed by atoms with E-state index in [1.807, 2.05) is 12.1 Å². The van der Waals surface area contributed by atoms with E-state index in [4.69, 9.17) is 21.1 Å². The maximum absolute atomic E-state index is 12.0. The summed E-state index contributed by atoms with van der Waals surface area (Å²) >= 11 is 6.17. The molecule has 0 aromatic heterocycles. The second-order valence-electron chi connectivity index (χ2n) is 5.85. The van der Waals surface area contributed by atoms with E-state index < -0.39 is 5.97 Å². The van der Waals surface area contributed by atoms with Gasteiger partial charge in [-0.15, -0.1) is 0 Å². The van der Waals surface area contributed by atoms with Gasteiger partial charge in [-0.25, -0.2) is 0 Å². The van der Waals surface area contributed by atoms with Gasteiger partial charge < -0.3 is 24.8 Å². The number of methoxy groups -OCH3 is 1. The summed E-state index contributed by atoms with van der Waals surface area (Å²) in [5.41, 5.74) is 3.13. The lowest BCUT2D eigenvalue weighted by atomic mass is 10.1. The molecule has 8 heteroatoms. The van der Waals surface area contributed by atoms with Crippen molar-refractivity contribution in [2.75, 3.05) is 25.8 Å². The molecule has 1 aliphatic heterocycles. The van der Waals surface area contributed by atoms with Crippen molar-refractivity contribution in [3.8, 4) is 5.75 Å². The van der Waals surface area contributed by atoms with Crippen molar-refractivity contribution in [3.05, 3.63) is 58.1 Å². The first-order chi connectivity index (χ1) is 13.1. The van der Waals surface area contributed by atoms with Crippen LogP contribution in [0.5, 0.6) is 5.75 Å². The molecule has 1 amide bonds. The fourth-order valence-electron chi connectivity index (χ4n) is 2.65. The quantitative estimate of drug-likeness (QED) is 0.738. The van der Waals surface area contributed by atoms with Crippen molar-refractivity contribution in [3.63, 3.8) is 0 Å². The number of carbonyl (C=O) groups is 2. The van der Waals surface area contributed by atoms with Crippen LogP contribution in [0.3, 0.4) is 0 Å². The molecule has 0 saturated heterocycles. The maximum Gasteiger partial charge on any atom is 0.325 e. The summed E-state index contributed by atoms with van der Waals surface area (Å²) in [7, 11) is 1.27. The first-order valence-electron chi connectivity index (χ1n) is 8.27. The second-order valence-corrected chi connectivity index (χ2v) is 6.29. The number of esters is 1. The molecule has 2 N–H and O–H groups in total. The minimum atomic E-state index is -0.501. The zero-order valence-corrected chi connectivity index (χ0v) is 15.5. The molecule has 0 bridgehead atoms. The van der Waals surface area contributed by atoms with Gasteiger partial charge in [0.15, 0.2) is 6.79 Å². The van der Waals surface area contributed by atoms with Crippen LogP contribution in [0.15, 0.2) is 36.4 Å². The Balaban J connectivity index is 1.62. The molecule has 142 valence electrons. The summed E-state index contributed by atoms with van der Waals surface area (Å²) in [4.78, 5) is 23.0. The van der Waals surface area contributed by atoms with Crippen LogP contribution >= 0.6 is 11.6 Å². The molecule has 0 atom stereocenters. The highest BCUT2D eigenvalue weighted by Gasteiger charge is 2.16. The van der Waals surface area contributed by atoms with Gasteiger partial charge in [-0.1, -0.05) is 11.6 Å². The van der Waals surface area contributed by atoms with Gasteiger partial charge >= 0.3 is 5.97 Å². The largest absolute Gasteiger partial charge is 0.468 e. The Kier molecular flexibility index (Phi) is 6.16. The predicted molar refractivity (Wildman–Crippen MR) is 99.9 cm³/mol. The van der Waals surface area contributed by atoms with Gasteiger partial charge in [0.05, 0.1) is 13.7 Å². The van der Waals surface area contributed by atoms with E-state index in [0.29, 0.717) is 23.7 Å². The molecule has 0 aliphatic carbocycles. The van der Waals surface area contributed by atoms with Crippen LogP contribution in [0.1, 0.15) is 21.5 Å². The van der Waals surface area contributed by atoms with E-state index in [-0.39, 0.29) is 19.2 Å². The molecule has 3 rings (SSSR count). The normalized spacial score (nSPS) is 12.5. The Hall–Kier alpha value is -2.77. The molecule has 2 aromatic rings. The lowest BCUT2D eigenvalue weighted by Gasteiger charge is -2.21. The van der Waals surface area contributed by atoms with Crippen LogP contribution < -0.4 is 15.4 Å². The maximum atomic E-state index is 12.0. The number of hydrogen-bond acceptors (Lipinski definition) is 6. The molecule has 0 unspecified atom stereocenters. The van der Waals surface area contributed by atoms with Crippen LogP contribution in [-0.4, -0.2) is 32.3 Å². The summed E-state index contributed by atoms with van der Waals surface area (Å²) in [5.74, 6) is -0.0553. The Morgan fingerprint density at radius 3 is 2.74 bits per heavy atom. The number of nitrogens with one attached hydrogen (secondary N) is 2. The first kappa shape index (κ1) is 19.0. The molecule has 0 fully saturated rings. The molecule has 1 aliphatic rings. The topological polar surface area (TPSA) is 85.9 Å². The van der Waals surface area contributed by atoms with E-state index in [0.717, 1.165) is 22.6 Å². The highest BCUT2D eigenvalue weighted by atomic mass is 35.5. The van der Waals surface area contributed by atoms with Crippen molar-refractivity contribution >= 4 is 29.2 Å². The molecule has 0 saturated carbocycles. The number of hydrogen-bond donors (Lipinski definition) is 2. The van der Waals surface area contributed by atoms with Gasteiger partial charge in [0, 0.05) is 33.9 Å². The molecular formula is C19H19ClN2O5. The van der Waals surface area contributed by atoms with Gasteiger partial charge in [0.1, 0.15) is 12.3 Å². The second kappa shape index (κ2) is 8.75. The number of fused-ring (bicyclic) bond motifs is 1. The van der Waals surface area contributed by atoms with Gasteiger partial charge in [-0.05, 0) is 36.4 Å². The third-order valence-corrected chi connectivity index (χ3v) is 4.22. The minimum Gasteiger partial charge on any atom is -0.468 e. The van der Waals surface area contributed by atoms with Crippen LogP contribution in [0.2, 0.25) is 5.02 Å². The summed E-state index contributed by atoms with van der Waals surface area (Å²) < 4.78 is 15.4. The van der Waals surface area contributed by atoms with Crippen molar-refractivity contribution in [2.45, 2.75) is 13.2 Å². The van der Waals surface area contributed by atoms with Crippen LogP contribution in [0.25, 0.3) is 0 Å². The number of halogens is 1. The predicted octanol–water partition coefficient (Wildman–Crippen LogP) is 2.72. The molecule has 0 radical (unpaired) electrons. The van der Waals surface area contributed by atoms with E-state index in [2.05, 4.69) is 15.4 Å². The monoisotopic (exact) mass is 390 g/mol. The standard InChI is InChI=1S/C19H19ClN2O5/c1-25-17(23)9-22-19(24)12-2-4-16(5-3-12)21-8-13-6-15(20)7-14-10-26-11-27-18(13)14/h2-7,21H,8-11H2,1H3,(H,22,24). The Morgan fingerprint density at radius 2 is 2.00 bits per heavy atom. The first-order valence-corrected chi connectivity index (χ1v) is 8.65. The van der Waals surface area contributed by atoms with Crippen molar-refractivity contribution < 1.29 is 23.8 Å². The molecule has 0 spiro atoms.